The number of amides is 1. The van der Waals surface area contributed by atoms with E-state index in [0.717, 1.165) is 23.4 Å². The van der Waals surface area contributed by atoms with Crippen LogP contribution >= 0.6 is 34.5 Å². The topological polar surface area (TPSA) is 103 Å². The summed E-state index contributed by atoms with van der Waals surface area (Å²) in [7, 11) is 1.53. The van der Waals surface area contributed by atoms with E-state index in [0.29, 0.717) is 40.2 Å². The van der Waals surface area contributed by atoms with Crippen molar-refractivity contribution in [1.29, 1.82) is 5.41 Å². The lowest BCUT2D eigenvalue weighted by molar-refractivity contribution is -0.126. The minimum atomic E-state index is -0.771. The van der Waals surface area contributed by atoms with E-state index in [2.05, 4.69) is 15.6 Å². The van der Waals surface area contributed by atoms with E-state index < -0.39 is 11.5 Å². The minimum absolute atomic E-state index is 0.0223. The van der Waals surface area contributed by atoms with Gasteiger partial charge in [-0.15, -0.1) is 11.3 Å². The van der Waals surface area contributed by atoms with E-state index >= 15 is 0 Å². The maximum absolute atomic E-state index is 12.8. The average molecular weight is 453 g/mol. The van der Waals surface area contributed by atoms with Crippen LogP contribution in [0.4, 0.5) is 5.95 Å². The smallest absolute Gasteiger partial charge is 0.237 e. The Labute approximate surface area is 181 Å². The second-order valence-electron chi connectivity index (χ2n) is 7.50. The molecule has 3 N–H and O–H groups in total. The van der Waals surface area contributed by atoms with Gasteiger partial charge in [0, 0.05) is 23.9 Å². The third-order valence-corrected chi connectivity index (χ3v) is 7.40. The number of ether oxygens (including phenoxy) is 1. The van der Waals surface area contributed by atoms with Gasteiger partial charge in [0.15, 0.2) is 5.96 Å². The third-order valence-electron chi connectivity index (χ3n) is 5.64. The Morgan fingerprint density at radius 1 is 1.34 bits per heavy atom. The van der Waals surface area contributed by atoms with Crippen LogP contribution in [0.25, 0.3) is 0 Å². The highest BCUT2D eigenvalue weighted by Crippen LogP contribution is 2.47. The van der Waals surface area contributed by atoms with Crippen molar-refractivity contribution in [2.24, 2.45) is 5.92 Å². The van der Waals surface area contributed by atoms with Gasteiger partial charge in [0.2, 0.25) is 17.7 Å². The fourth-order valence-electron chi connectivity index (χ4n) is 4.10. The fraction of sp³-hybridized carbons (Fsp3) is 0.444. The third kappa shape index (κ3) is 3.03. The van der Waals surface area contributed by atoms with Gasteiger partial charge in [0.05, 0.1) is 23.1 Å². The summed E-state index contributed by atoms with van der Waals surface area (Å²) in [6, 6.07) is 3.71. The number of fused-ring (bicyclic) bond motifs is 1. The molecular formula is C18H18Cl2N6O2S. The molecule has 2 aliphatic heterocycles. The summed E-state index contributed by atoms with van der Waals surface area (Å²) in [6.45, 7) is 0.815. The predicted molar refractivity (Wildman–Crippen MR) is 111 cm³/mol. The first-order valence-corrected chi connectivity index (χ1v) is 10.8. The van der Waals surface area contributed by atoms with Gasteiger partial charge in [0.1, 0.15) is 10.6 Å². The zero-order valence-electron chi connectivity index (χ0n) is 15.5. The molecule has 0 aromatic carbocycles. The molecule has 3 fully saturated rings. The Morgan fingerprint density at radius 2 is 2.14 bits per heavy atom. The van der Waals surface area contributed by atoms with Crippen LogP contribution in [0.15, 0.2) is 12.1 Å². The molecule has 2 atom stereocenters. The summed E-state index contributed by atoms with van der Waals surface area (Å²) in [5.74, 6) is 0.483. The number of rotatable bonds is 4. The van der Waals surface area contributed by atoms with E-state index in [9.17, 15) is 4.79 Å². The van der Waals surface area contributed by atoms with Crippen LogP contribution in [0, 0.1) is 11.3 Å². The van der Waals surface area contributed by atoms with Crippen LogP contribution in [0.5, 0.6) is 5.88 Å². The van der Waals surface area contributed by atoms with Gasteiger partial charge >= 0.3 is 0 Å². The molecule has 0 radical (unpaired) electrons. The number of nitrogens with zero attached hydrogens (tertiary/aromatic N) is 3. The molecule has 11 heteroatoms. The van der Waals surface area contributed by atoms with Gasteiger partial charge in [-0.05, 0) is 25.0 Å². The van der Waals surface area contributed by atoms with Crippen molar-refractivity contribution in [2.45, 2.75) is 24.3 Å². The Bertz CT molecular complexity index is 1030. The lowest BCUT2D eigenvalue weighted by Gasteiger charge is -2.38. The number of hydrogen-bond donors (Lipinski definition) is 3. The maximum atomic E-state index is 12.8. The van der Waals surface area contributed by atoms with Crippen LogP contribution in [-0.2, 0) is 10.3 Å². The lowest BCUT2D eigenvalue weighted by Crippen LogP contribution is -2.64. The number of methoxy groups -OCH3 is 1. The van der Waals surface area contributed by atoms with Crippen molar-refractivity contribution < 1.29 is 9.53 Å². The molecule has 0 spiro atoms. The van der Waals surface area contributed by atoms with E-state index in [1.54, 1.807) is 6.07 Å². The summed E-state index contributed by atoms with van der Waals surface area (Å²) in [5.41, 5.74) is 0.0227. The molecule has 1 aliphatic carbocycles. The minimum Gasteiger partial charge on any atom is -0.480 e. The highest BCUT2D eigenvalue weighted by molar-refractivity contribution is 7.16. The van der Waals surface area contributed by atoms with E-state index in [1.807, 2.05) is 11.0 Å². The maximum Gasteiger partial charge on any atom is 0.237 e. The summed E-state index contributed by atoms with van der Waals surface area (Å²) in [5, 5.41) is 14.3. The van der Waals surface area contributed by atoms with Crippen LogP contribution in [0.1, 0.15) is 29.3 Å². The van der Waals surface area contributed by atoms with Crippen LogP contribution in [0.2, 0.25) is 9.36 Å². The summed E-state index contributed by atoms with van der Waals surface area (Å²) >= 11 is 14.0. The van der Waals surface area contributed by atoms with Crippen molar-refractivity contribution in [3.05, 3.63) is 32.1 Å². The number of carbonyl (C=O) groups excluding carboxylic acids is 1. The SMILES string of the molecule is COc1nc(N2C[C@H]3C(=O)NC(=N)N[C@@]3(c3ccc(Cl)s3)C2)nc(C2CC2)c1Cl. The first-order valence-electron chi connectivity index (χ1n) is 9.21. The van der Waals surface area contributed by atoms with Crippen molar-refractivity contribution in [2.75, 3.05) is 25.1 Å². The van der Waals surface area contributed by atoms with Gasteiger partial charge in [0.25, 0.3) is 0 Å². The van der Waals surface area contributed by atoms with Crippen molar-refractivity contribution >= 4 is 52.4 Å². The first-order chi connectivity index (χ1) is 13.9. The normalized spacial score (nSPS) is 26.2. The van der Waals surface area contributed by atoms with E-state index in [1.165, 1.54) is 18.4 Å². The summed E-state index contributed by atoms with van der Waals surface area (Å²) in [6.07, 6.45) is 2.08. The average Bonchev–Trinajstić information content (AvgIpc) is 3.30. The number of hydrogen-bond acceptors (Lipinski definition) is 7. The van der Waals surface area contributed by atoms with Crippen molar-refractivity contribution in [1.82, 2.24) is 20.6 Å². The molecule has 4 heterocycles. The number of halogens is 2. The van der Waals surface area contributed by atoms with Crippen molar-refractivity contribution in [3.63, 3.8) is 0 Å². The van der Waals surface area contributed by atoms with Gasteiger partial charge in [-0.2, -0.15) is 4.98 Å². The van der Waals surface area contributed by atoms with Crippen LogP contribution < -0.4 is 20.3 Å². The summed E-state index contributed by atoms with van der Waals surface area (Å²) < 4.78 is 6.01. The highest BCUT2D eigenvalue weighted by atomic mass is 35.5. The molecule has 2 saturated heterocycles. The zero-order chi connectivity index (χ0) is 20.3. The number of guanidine groups is 1. The van der Waals surface area contributed by atoms with E-state index in [4.69, 9.17) is 38.3 Å². The van der Waals surface area contributed by atoms with E-state index in [-0.39, 0.29) is 11.9 Å². The van der Waals surface area contributed by atoms with Crippen LogP contribution in [-0.4, -0.2) is 42.0 Å². The number of anilines is 1. The second-order valence-corrected chi connectivity index (χ2v) is 9.60. The molecule has 0 bridgehead atoms. The monoisotopic (exact) mass is 452 g/mol. The lowest BCUT2D eigenvalue weighted by atomic mass is 9.83. The number of aromatic nitrogens is 2. The van der Waals surface area contributed by atoms with Crippen molar-refractivity contribution in [3.8, 4) is 5.88 Å². The second kappa shape index (κ2) is 6.72. The fourth-order valence-corrected chi connectivity index (χ4v) is 5.65. The molecule has 3 aliphatic rings. The number of nitrogens with one attached hydrogen (secondary N) is 3. The Morgan fingerprint density at radius 3 is 2.79 bits per heavy atom. The molecule has 2 aromatic rings. The zero-order valence-corrected chi connectivity index (χ0v) is 17.8. The molecule has 152 valence electrons. The van der Waals surface area contributed by atoms with Gasteiger partial charge in [-0.1, -0.05) is 23.2 Å². The molecule has 0 unspecified atom stereocenters. The summed E-state index contributed by atoms with van der Waals surface area (Å²) in [4.78, 5) is 24.9. The largest absolute Gasteiger partial charge is 0.480 e. The molecule has 1 amide bonds. The quantitative estimate of drug-likeness (QED) is 0.658. The highest BCUT2D eigenvalue weighted by Gasteiger charge is 2.56. The molecule has 2 aromatic heterocycles. The van der Waals surface area contributed by atoms with Gasteiger partial charge in [-0.25, -0.2) is 4.98 Å². The number of thiophene rings is 1. The Balaban J connectivity index is 1.58. The molecule has 5 rings (SSSR count). The Hall–Kier alpha value is -2.10. The predicted octanol–water partition coefficient (Wildman–Crippen LogP) is 2.72. The molecule has 1 saturated carbocycles. The van der Waals surface area contributed by atoms with Crippen LogP contribution in [0.3, 0.4) is 0 Å². The molecule has 8 nitrogen and oxygen atoms in total. The number of carbonyl (C=O) groups is 1. The first kappa shape index (κ1) is 18.9. The standard InChI is InChI=1S/C18H18Cl2N6O2S/c1-28-15-12(20)13(8-2-3-8)22-17(24-15)26-6-9-14(27)23-16(21)25-18(9,7-26)10-4-5-11(19)29-10/h4-5,8-9H,2-3,6-7H2,1H3,(H3,21,23,25,27)/t9-,18-/m0/s1. The van der Waals surface area contributed by atoms with Gasteiger partial charge < -0.3 is 15.0 Å². The molecule has 29 heavy (non-hydrogen) atoms. The Kier molecular flexibility index (Phi) is 4.38. The molecular weight excluding hydrogens is 435 g/mol. The van der Waals surface area contributed by atoms with Gasteiger partial charge in [-0.3, -0.25) is 15.5 Å².